The minimum Gasteiger partial charge on any atom is -0.326 e. The number of carbonyl (C=O) groups excluding carboxylic acids is 2. The molecule has 2 atom stereocenters. The number of thiophene rings is 1. The van der Waals surface area contributed by atoms with Crippen molar-refractivity contribution in [2.24, 2.45) is 5.92 Å². The highest BCUT2D eigenvalue weighted by Crippen LogP contribution is 2.43. The molecule has 1 fully saturated rings. The Kier molecular flexibility index (Phi) is 4.77. The fourth-order valence-electron chi connectivity index (χ4n) is 3.52. The smallest absolute Gasteiger partial charge is 0.230 e. The summed E-state index contributed by atoms with van der Waals surface area (Å²) in [6.45, 7) is 2.02. The number of carbonyl (C=O) groups is 2. The van der Waals surface area contributed by atoms with Crippen LogP contribution in [-0.4, -0.2) is 11.8 Å². The summed E-state index contributed by atoms with van der Waals surface area (Å²) < 4.78 is 0. The zero-order valence-corrected chi connectivity index (χ0v) is 15.8. The zero-order valence-electron chi connectivity index (χ0n) is 15.0. The second-order valence-electron chi connectivity index (χ2n) is 6.73. The summed E-state index contributed by atoms with van der Waals surface area (Å²) in [5.74, 6) is -0.578. The Morgan fingerprint density at radius 1 is 1.04 bits per heavy atom. The number of hydrogen-bond acceptors (Lipinski definition) is 3. The monoisotopic (exact) mass is 376 g/mol. The normalized spacial score (nSPS) is 19.3. The van der Waals surface area contributed by atoms with E-state index >= 15 is 0 Å². The van der Waals surface area contributed by atoms with Gasteiger partial charge in [0.2, 0.25) is 11.8 Å². The second kappa shape index (κ2) is 7.37. The molecule has 0 aliphatic carbocycles. The molecule has 2 heterocycles. The van der Waals surface area contributed by atoms with Crippen LogP contribution in [0.5, 0.6) is 0 Å². The van der Waals surface area contributed by atoms with E-state index in [0.29, 0.717) is 0 Å². The van der Waals surface area contributed by atoms with Gasteiger partial charge in [-0.2, -0.15) is 0 Å². The molecule has 2 aromatic carbocycles. The van der Waals surface area contributed by atoms with Crippen molar-refractivity contribution in [1.82, 2.24) is 0 Å². The third kappa shape index (κ3) is 3.51. The van der Waals surface area contributed by atoms with Crippen molar-refractivity contribution < 1.29 is 9.59 Å². The first-order valence-corrected chi connectivity index (χ1v) is 9.79. The van der Waals surface area contributed by atoms with Crippen LogP contribution in [0.3, 0.4) is 0 Å². The lowest BCUT2D eigenvalue weighted by molar-refractivity contribution is -0.122. The molecule has 0 spiro atoms. The summed E-state index contributed by atoms with van der Waals surface area (Å²) in [5.41, 5.74) is 2.71. The molecule has 1 aliphatic rings. The van der Waals surface area contributed by atoms with Crippen LogP contribution in [0.15, 0.2) is 72.1 Å². The van der Waals surface area contributed by atoms with Crippen LogP contribution >= 0.6 is 11.3 Å². The molecule has 3 aromatic rings. The standard InChI is InChI=1S/C22H20N2O2S/c1-15-9-11-17(12-10-15)24-20(25)14-18(21(24)19-8-5-13-27-19)22(26)23-16-6-3-2-4-7-16/h2-13,18,21H,14H2,1H3,(H,23,26). The summed E-state index contributed by atoms with van der Waals surface area (Å²) >= 11 is 1.58. The van der Waals surface area contributed by atoms with Crippen molar-refractivity contribution in [3.63, 3.8) is 0 Å². The van der Waals surface area contributed by atoms with Gasteiger partial charge < -0.3 is 10.2 Å². The first-order chi connectivity index (χ1) is 13.1. The van der Waals surface area contributed by atoms with E-state index in [-0.39, 0.29) is 24.3 Å². The molecule has 4 nitrogen and oxygen atoms in total. The van der Waals surface area contributed by atoms with Crippen molar-refractivity contribution in [2.45, 2.75) is 19.4 Å². The molecule has 1 aromatic heterocycles. The van der Waals surface area contributed by atoms with Gasteiger partial charge in [0.25, 0.3) is 0 Å². The number of benzene rings is 2. The molecule has 27 heavy (non-hydrogen) atoms. The molecule has 2 amide bonds. The second-order valence-corrected chi connectivity index (χ2v) is 7.70. The van der Waals surface area contributed by atoms with Crippen molar-refractivity contribution >= 4 is 34.5 Å². The Hall–Kier alpha value is -2.92. The number of nitrogens with one attached hydrogen (secondary N) is 1. The van der Waals surface area contributed by atoms with E-state index in [9.17, 15) is 9.59 Å². The predicted molar refractivity (Wildman–Crippen MR) is 109 cm³/mol. The average molecular weight is 376 g/mol. The van der Waals surface area contributed by atoms with Gasteiger partial charge in [-0.3, -0.25) is 9.59 Å². The highest BCUT2D eigenvalue weighted by atomic mass is 32.1. The highest BCUT2D eigenvalue weighted by Gasteiger charge is 2.45. The van der Waals surface area contributed by atoms with Crippen LogP contribution < -0.4 is 10.2 Å². The lowest BCUT2D eigenvalue weighted by atomic mass is 9.97. The van der Waals surface area contributed by atoms with Gasteiger partial charge in [0.1, 0.15) is 0 Å². The van der Waals surface area contributed by atoms with E-state index in [1.165, 1.54) is 0 Å². The van der Waals surface area contributed by atoms with Crippen molar-refractivity contribution in [3.8, 4) is 0 Å². The molecule has 1 N–H and O–H groups in total. The SMILES string of the molecule is Cc1ccc(N2C(=O)CC(C(=O)Nc3ccccc3)C2c2cccs2)cc1. The van der Waals surface area contributed by atoms with Gasteiger partial charge in [0, 0.05) is 22.7 Å². The summed E-state index contributed by atoms with van der Waals surface area (Å²) in [6, 6.07) is 20.9. The average Bonchev–Trinajstić information content (AvgIpc) is 3.31. The summed E-state index contributed by atoms with van der Waals surface area (Å²) in [7, 11) is 0. The maximum Gasteiger partial charge on any atom is 0.230 e. The van der Waals surface area contributed by atoms with Gasteiger partial charge >= 0.3 is 0 Å². The van der Waals surface area contributed by atoms with E-state index in [2.05, 4.69) is 5.32 Å². The van der Waals surface area contributed by atoms with Crippen LogP contribution in [0.2, 0.25) is 0 Å². The zero-order chi connectivity index (χ0) is 18.8. The number of anilines is 2. The van der Waals surface area contributed by atoms with Gasteiger partial charge in [-0.25, -0.2) is 0 Å². The fraction of sp³-hybridized carbons (Fsp3) is 0.182. The molecular weight excluding hydrogens is 356 g/mol. The van der Waals surface area contributed by atoms with Crippen LogP contribution in [0.4, 0.5) is 11.4 Å². The van der Waals surface area contributed by atoms with E-state index in [4.69, 9.17) is 0 Å². The number of aryl methyl sites for hydroxylation is 1. The molecule has 1 aliphatic heterocycles. The van der Waals surface area contributed by atoms with Gasteiger partial charge in [-0.15, -0.1) is 11.3 Å². The fourth-order valence-corrected chi connectivity index (χ4v) is 4.40. The van der Waals surface area contributed by atoms with Crippen LogP contribution in [-0.2, 0) is 9.59 Å². The number of hydrogen-bond donors (Lipinski definition) is 1. The molecular formula is C22H20N2O2S. The Morgan fingerprint density at radius 2 is 1.78 bits per heavy atom. The molecule has 2 unspecified atom stereocenters. The van der Waals surface area contributed by atoms with E-state index in [1.807, 2.05) is 79.0 Å². The summed E-state index contributed by atoms with van der Waals surface area (Å²) in [4.78, 5) is 28.7. The Labute approximate surface area is 162 Å². The Balaban J connectivity index is 1.68. The van der Waals surface area contributed by atoms with Gasteiger partial charge in [0.15, 0.2) is 0 Å². The van der Waals surface area contributed by atoms with E-state index in [1.54, 1.807) is 16.2 Å². The minimum atomic E-state index is -0.433. The third-order valence-corrected chi connectivity index (χ3v) is 5.79. The third-order valence-electron chi connectivity index (χ3n) is 4.85. The van der Waals surface area contributed by atoms with Crippen LogP contribution in [0.1, 0.15) is 22.9 Å². The summed E-state index contributed by atoms with van der Waals surface area (Å²) in [5, 5.41) is 4.95. The molecule has 136 valence electrons. The van der Waals surface area contributed by atoms with Gasteiger partial charge in [-0.05, 0) is 42.6 Å². The number of nitrogens with zero attached hydrogens (tertiary/aromatic N) is 1. The maximum atomic E-state index is 13.0. The quantitative estimate of drug-likeness (QED) is 0.712. The molecule has 5 heteroatoms. The van der Waals surface area contributed by atoms with Crippen LogP contribution in [0.25, 0.3) is 0 Å². The largest absolute Gasteiger partial charge is 0.326 e. The first kappa shape index (κ1) is 17.5. The number of para-hydroxylation sites is 1. The van der Waals surface area contributed by atoms with Crippen LogP contribution in [0, 0.1) is 12.8 Å². The maximum absolute atomic E-state index is 13.0. The lowest BCUT2D eigenvalue weighted by Crippen LogP contribution is -2.31. The van der Waals surface area contributed by atoms with E-state index in [0.717, 1.165) is 21.8 Å². The molecule has 0 saturated carbocycles. The number of rotatable bonds is 4. The lowest BCUT2D eigenvalue weighted by Gasteiger charge is -2.27. The highest BCUT2D eigenvalue weighted by molar-refractivity contribution is 7.10. The molecule has 4 rings (SSSR count). The van der Waals surface area contributed by atoms with Gasteiger partial charge in [-0.1, -0.05) is 42.0 Å². The topological polar surface area (TPSA) is 49.4 Å². The molecule has 0 bridgehead atoms. The predicted octanol–water partition coefficient (Wildman–Crippen LogP) is 4.79. The Morgan fingerprint density at radius 3 is 2.44 bits per heavy atom. The van der Waals surface area contributed by atoms with E-state index < -0.39 is 5.92 Å². The minimum absolute atomic E-state index is 0.0227. The number of amides is 2. The van der Waals surface area contributed by atoms with Crippen molar-refractivity contribution in [3.05, 3.63) is 82.6 Å². The Bertz CT molecular complexity index is 936. The molecule has 0 radical (unpaired) electrons. The van der Waals surface area contributed by atoms with Crippen molar-refractivity contribution in [2.75, 3.05) is 10.2 Å². The van der Waals surface area contributed by atoms with Gasteiger partial charge in [0.05, 0.1) is 12.0 Å². The van der Waals surface area contributed by atoms with Crippen molar-refractivity contribution in [1.29, 1.82) is 0 Å². The summed E-state index contributed by atoms with van der Waals surface area (Å²) in [6.07, 6.45) is 0.203. The first-order valence-electron chi connectivity index (χ1n) is 8.91. The molecule has 1 saturated heterocycles.